The second-order valence-electron chi connectivity index (χ2n) is 6.48. The van der Waals surface area contributed by atoms with Gasteiger partial charge in [0.2, 0.25) is 0 Å². The molecule has 2 amide bonds. The van der Waals surface area contributed by atoms with E-state index in [-0.39, 0.29) is 5.69 Å². The molecule has 0 saturated carbocycles. The van der Waals surface area contributed by atoms with E-state index in [1.807, 2.05) is 26.0 Å². The number of nitrogens with zero attached hydrogens (tertiary/aromatic N) is 2. The number of furan rings is 1. The molecule has 3 aromatic rings. The van der Waals surface area contributed by atoms with E-state index in [1.54, 1.807) is 30.3 Å². The van der Waals surface area contributed by atoms with Gasteiger partial charge in [0.25, 0.3) is 5.69 Å². The molecule has 30 heavy (non-hydrogen) atoms. The number of hydrogen-bond acceptors (Lipinski definition) is 6. The molecular weight excluding hydrogens is 388 g/mol. The summed E-state index contributed by atoms with van der Waals surface area (Å²) in [7, 11) is 0. The van der Waals surface area contributed by atoms with Crippen molar-refractivity contribution in [3.8, 4) is 11.3 Å². The number of nitro benzene ring substituents is 1. The van der Waals surface area contributed by atoms with Crippen LogP contribution in [-0.2, 0) is 9.59 Å². The lowest BCUT2D eigenvalue weighted by atomic mass is 10.1. The number of rotatable bonds is 5. The number of non-ortho nitro benzene ring substituents is 1. The average molecular weight is 406 g/mol. The first-order chi connectivity index (χ1) is 14.3. The van der Waals surface area contributed by atoms with Crippen LogP contribution >= 0.6 is 0 Å². The Morgan fingerprint density at radius 3 is 2.63 bits per heavy atom. The monoisotopic (exact) mass is 406 g/mol. The predicted octanol–water partition coefficient (Wildman–Crippen LogP) is 3.56. The zero-order chi connectivity index (χ0) is 21.7. The molecule has 3 rings (SSSR count). The summed E-state index contributed by atoms with van der Waals surface area (Å²) in [5.41, 5.74) is 4.93. The molecule has 9 heteroatoms. The first-order valence-corrected chi connectivity index (χ1v) is 8.90. The molecule has 0 fully saturated rings. The highest BCUT2D eigenvalue weighted by Crippen LogP contribution is 2.25. The molecule has 0 bridgehead atoms. The Balaban J connectivity index is 1.61. The van der Waals surface area contributed by atoms with Crippen molar-refractivity contribution in [3.63, 3.8) is 0 Å². The fourth-order valence-corrected chi connectivity index (χ4v) is 2.60. The van der Waals surface area contributed by atoms with Crippen molar-refractivity contribution in [2.45, 2.75) is 13.8 Å². The Morgan fingerprint density at radius 1 is 1.07 bits per heavy atom. The van der Waals surface area contributed by atoms with E-state index >= 15 is 0 Å². The second-order valence-corrected chi connectivity index (χ2v) is 6.48. The SMILES string of the molecule is Cc1ccc(C)c(NC(=O)C(=O)N/N=C/c2ccc(-c3cccc([N+](=O)[O-])c3)o2)c1. The predicted molar refractivity (Wildman–Crippen MR) is 111 cm³/mol. The highest BCUT2D eigenvalue weighted by molar-refractivity contribution is 6.39. The Morgan fingerprint density at radius 2 is 1.87 bits per heavy atom. The normalized spacial score (nSPS) is 10.7. The van der Waals surface area contributed by atoms with Gasteiger partial charge in [0, 0.05) is 23.4 Å². The van der Waals surface area contributed by atoms with Crippen LogP contribution < -0.4 is 10.7 Å². The van der Waals surface area contributed by atoms with E-state index in [0.717, 1.165) is 11.1 Å². The van der Waals surface area contributed by atoms with Gasteiger partial charge in [0.15, 0.2) is 0 Å². The van der Waals surface area contributed by atoms with Crippen LogP contribution in [0.2, 0.25) is 0 Å². The van der Waals surface area contributed by atoms with Crippen LogP contribution in [0.1, 0.15) is 16.9 Å². The number of hydrogen-bond donors (Lipinski definition) is 2. The summed E-state index contributed by atoms with van der Waals surface area (Å²) in [6.07, 6.45) is 1.23. The zero-order valence-electron chi connectivity index (χ0n) is 16.2. The summed E-state index contributed by atoms with van der Waals surface area (Å²) in [5.74, 6) is -1.08. The topological polar surface area (TPSA) is 127 Å². The van der Waals surface area contributed by atoms with Gasteiger partial charge in [0.1, 0.15) is 11.5 Å². The van der Waals surface area contributed by atoms with Crippen LogP contribution in [0.15, 0.2) is 64.1 Å². The van der Waals surface area contributed by atoms with Crippen LogP contribution in [-0.4, -0.2) is 23.0 Å². The molecule has 0 unspecified atom stereocenters. The Hall–Kier alpha value is -4.27. The van der Waals surface area contributed by atoms with Gasteiger partial charge < -0.3 is 9.73 Å². The highest BCUT2D eigenvalue weighted by Gasteiger charge is 2.14. The first kappa shape index (κ1) is 20.5. The van der Waals surface area contributed by atoms with Crippen LogP contribution in [0.5, 0.6) is 0 Å². The van der Waals surface area contributed by atoms with Crippen molar-refractivity contribution >= 4 is 29.4 Å². The standard InChI is InChI=1S/C21H18N4O5/c1-13-6-7-14(2)18(10-13)23-20(26)21(27)24-22-12-17-8-9-19(30-17)15-4-3-5-16(11-15)25(28)29/h3-12H,1-2H3,(H,23,26)(H,24,27)/b22-12+. The smallest absolute Gasteiger partial charge is 0.329 e. The summed E-state index contributed by atoms with van der Waals surface area (Å²) in [6, 6.07) is 14.7. The number of anilines is 1. The third-order valence-corrected chi connectivity index (χ3v) is 4.17. The lowest BCUT2D eigenvalue weighted by molar-refractivity contribution is -0.384. The molecule has 0 radical (unpaired) electrons. The minimum absolute atomic E-state index is 0.0544. The second kappa shape index (κ2) is 8.82. The number of amides is 2. The van der Waals surface area contributed by atoms with Gasteiger partial charge in [0.05, 0.1) is 11.1 Å². The van der Waals surface area contributed by atoms with Gasteiger partial charge in [-0.1, -0.05) is 24.3 Å². The van der Waals surface area contributed by atoms with E-state index in [2.05, 4.69) is 15.8 Å². The Labute approximate surface area is 171 Å². The first-order valence-electron chi connectivity index (χ1n) is 8.90. The van der Waals surface area contributed by atoms with Crippen molar-refractivity contribution in [2.75, 3.05) is 5.32 Å². The molecule has 0 aliphatic rings. The molecular formula is C21H18N4O5. The van der Waals surface area contributed by atoms with Crippen molar-refractivity contribution in [2.24, 2.45) is 5.10 Å². The third kappa shape index (κ3) is 4.96. The van der Waals surface area contributed by atoms with Crippen molar-refractivity contribution in [1.29, 1.82) is 0 Å². The number of carbonyl (C=O) groups is 2. The summed E-state index contributed by atoms with van der Waals surface area (Å²) < 4.78 is 5.55. The van der Waals surface area contributed by atoms with Gasteiger partial charge in [-0.15, -0.1) is 0 Å². The molecule has 2 aromatic carbocycles. The highest BCUT2D eigenvalue weighted by atomic mass is 16.6. The van der Waals surface area contributed by atoms with Crippen LogP contribution in [0, 0.1) is 24.0 Å². The number of aryl methyl sites for hydroxylation is 2. The molecule has 0 atom stereocenters. The van der Waals surface area contributed by atoms with Gasteiger partial charge in [-0.3, -0.25) is 19.7 Å². The average Bonchev–Trinajstić information content (AvgIpc) is 3.19. The van der Waals surface area contributed by atoms with Crippen molar-refractivity contribution < 1.29 is 18.9 Å². The van der Waals surface area contributed by atoms with E-state index in [9.17, 15) is 19.7 Å². The molecule has 0 spiro atoms. The van der Waals surface area contributed by atoms with Crippen LogP contribution in [0.25, 0.3) is 11.3 Å². The van der Waals surface area contributed by atoms with Crippen molar-refractivity contribution in [3.05, 3.63) is 81.6 Å². The zero-order valence-corrected chi connectivity index (χ0v) is 16.2. The lowest BCUT2D eigenvalue weighted by Gasteiger charge is -2.08. The van der Waals surface area contributed by atoms with Crippen molar-refractivity contribution in [1.82, 2.24) is 5.43 Å². The molecule has 1 aromatic heterocycles. The Bertz CT molecular complexity index is 1150. The largest absolute Gasteiger partial charge is 0.455 e. The molecule has 2 N–H and O–H groups in total. The maximum Gasteiger partial charge on any atom is 0.329 e. The quantitative estimate of drug-likeness (QED) is 0.290. The molecule has 0 saturated heterocycles. The van der Waals surface area contributed by atoms with Crippen LogP contribution in [0.4, 0.5) is 11.4 Å². The summed E-state index contributed by atoms with van der Waals surface area (Å²) >= 11 is 0. The molecule has 0 aliphatic carbocycles. The van der Waals surface area contributed by atoms with E-state index in [1.165, 1.54) is 18.3 Å². The molecule has 152 valence electrons. The van der Waals surface area contributed by atoms with Crippen LogP contribution in [0.3, 0.4) is 0 Å². The maximum atomic E-state index is 12.0. The molecule has 1 heterocycles. The van der Waals surface area contributed by atoms with Gasteiger partial charge in [-0.25, -0.2) is 5.43 Å². The van der Waals surface area contributed by atoms with E-state index < -0.39 is 16.7 Å². The number of hydrazone groups is 1. The Kier molecular flexibility index (Phi) is 6.02. The molecule has 9 nitrogen and oxygen atoms in total. The van der Waals surface area contributed by atoms with E-state index in [4.69, 9.17) is 4.42 Å². The fraction of sp³-hybridized carbons (Fsp3) is 0.0952. The van der Waals surface area contributed by atoms with E-state index in [0.29, 0.717) is 22.8 Å². The number of carbonyl (C=O) groups excluding carboxylic acids is 2. The van der Waals surface area contributed by atoms with Gasteiger partial charge in [-0.2, -0.15) is 5.10 Å². The minimum Gasteiger partial charge on any atom is -0.455 e. The number of benzene rings is 2. The fourth-order valence-electron chi connectivity index (χ4n) is 2.60. The third-order valence-electron chi connectivity index (χ3n) is 4.17. The maximum absolute atomic E-state index is 12.0. The minimum atomic E-state index is -0.933. The lowest BCUT2D eigenvalue weighted by Crippen LogP contribution is -2.32. The molecule has 0 aliphatic heterocycles. The van der Waals surface area contributed by atoms with Gasteiger partial charge >= 0.3 is 11.8 Å². The summed E-state index contributed by atoms with van der Waals surface area (Å²) in [4.78, 5) is 34.3. The summed E-state index contributed by atoms with van der Waals surface area (Å²) in [6.45, 7) is 3.70. The van der Waals surface area contributed by atoms with Gasteiger partial charge in [-0.05, 0) is 43.2 Å². The number of nitro groups is 1. The number of nitrogens with one attached hydrogen (secondary N) is 2. The summed E-state index contributed by atoms with van der Waals surface area (Å²) in [5, 5.41) is 17.1.